The Labute approximate surface area is 134 Å². The maximum Gasteiger partial charge on any atom is 0.256 e. The number of amides is 1. The number of ether oxygens (including phenoxy) is 1. The summed E-state index contributed by atoms with van der Waals surface area (Å²) in [7, 11) is 0. The van der Waals surface area contributed by atoms with Crippen LogP contribution in [0.2, 0.25) is 5.02 Å². The van der Waals surface area contributed by atoms with E-state index in [0.717, 1.165) is 0 Å². The molecule has 2 rings (SSSR count). The summed E-state index contributed by atoms with van der Waals surface area (Å²) in [5.41, 5.74) is 1.11. The molecular weight excluding hydrogens is 304 g/mol. The lowest BCUT2D eigenvalue weighted by Gasteiger charge is -2.09. The largest absolute Gasteiger partial charge is 0.492 e. The summed E-state index contributed by atoms with van der Waals surface area (Å²) in [5.74, 6) is 1.23. The third-order valence-electron chi connectivity index (χ3n) is 3.11. The van der Waals surface area contributed by atoms with E-state index in [1.54, 1.807) is 31.2 Å². The molecule has 118 valence electrons. The Hall–Kier alpha value is -2.01. The number of carbonyl (C=O) groups is 1. The molecule has 0 saturated heterocycles. The van der Waals surface area contributed by atoms with E-state index in [-0.39, 0.29) is 11.8 Å². The van der Waals surface area contributed by atoms with Gasteiger partial charge in [0.2, 0.25) is 0 Å². The Morgan fingerprint density at radius 3 is 2.68 bits per heavy atom. The molecule has 0 spiro atoms. The van der Waals surface area contributed by atoms with Crippen LogP contribution < -0.4 is 10.1 Å². The van der Waals surface area contributed by atoms with Gasteiger partial charge in [-0.3, -0.25) is 4.79 Å². The van der Waals surface area contributed by atoms with E-state index in [2.05, 4.69) is 10.5 Å². The maximum atomic E-state index is 12.2. The lowest BCUT2D eigenvalue weighted by Crippen LogP contribution is -2.29. The Morgan fingerprint density at radius 2 is 2.05 bits per heavy atom. The van der Waals surface area contributed by atoms with Crippen LogP contribution in [0.15, 0.2) is 28.8 Å². The Morgan fingerprint density at radius 1 is 1.36 bits per heavy atom. The van der Waals surface area contributed by atoms with E-state index in [4.69, 9.17) is 20.9 Å². The fourth-order valence-electron chi connectivity index (χ4n) is 2.01. The van der Waals surface area contributed by atoms with Crippen LogP contribution in [0.3, 0.4) is 0 Å². The second kappa shape index (κ2) is 7.31. The van der Waals surface area contributed by atoms with E-state index in [0.29, 0.717) is 40.9 Å². The molecule has 0 radical (unpaired) electrons. The number of hydrogen-bond donors (Lipinski definition) is 1. The minimum atomic E-state index is -0.192. The van der Waals surface area contributed by atoms with Gasteiger partial charge in [0, 0.05) is 10.9 Å². The SMILES string of the molecule is Cc1noc(C(C)C)c1C(=O)NCCOc1ccc(Cl)cc1. The molecule has 0 aliphatic carbocycles. The standard InChI is InChI=1S/C16H19ClN2O3/c1-10(2)15-14(11(3)19-22-15)16(20)18-8-9-21-13-6-4-12(17)5-7-13/h4-7,10H,8-9H2,1-3H3,(H,18,20). The van der Waals surface area contributed by atoms with Gasteiger partial charge in [-0.15, -0.1) is 0 Å². The van der Waals surface area contributed by atoms with Gasteiger partial charge < -0.3 is 14.6 Å². The van der Waals surface area contributed by atoms with Gasteiger partial charge in [0.15, 0.2) is 5.76 Å². The number of aryl methyl sites for hydroxylation is 1. The number of aromatic nitrogens is 1. The van der Waals surface area contributed by atoms with E-state index in [9.17, 15) is 4.79 Å². The Kier molecular flexibility index (Phi) is 5.44. The predicted molar refractivity (Wildman–Crippen MR) is 84.6 cm³/mol. The molecule has 0 aliphatic rings. The van der Waals surface area contributed by atoms with Crippen LogP contribution >= 0.6 is 11.6 Å². The average Bonchev–Trinajstić information content (AvgIpc) is 2.87. The summed E-state index contributed by atoms with van der Waals surface area (Å²) >= 11 is 5.80. The lowest BCUT2D eigenvalue weighted by molar-refractivity contribution is 0.0944. The predicted octanol–water partition coefficient (Wildman–Crippen LogP) is 3.57. The van der Waals surface area contributed by atoms with Crippen LogP contribution in [0, 0.1) is 6.92 Å². The first-order valence-electron chi connectivity index (χ1n) is 7.11. The quantitative estimate of drug-likeness (QED) is 0.826. The van der Waals surface area contributed by atoms with Crippen LogP contribution in [0.1, 0.15) is 41.6 Å². The van der Waals surface area contributed by atoms with Crippen molar-refractivity contribution < 1.29 is 14.1 Å². The van der Waals surface area contributed by atoms with E-state index in [1.807, 2.05) is 13.8 Å². The van der Waals surface area contributed by atoms with Gasteiger partial charge in [0.05, 0.1) is 12.2 Å². The molecule has 0 unspecified atom stereocenters. The van der Waals surface area contributed by atoms with Gasteiger partial charge in [0.1, 0.15) is 17.9 Å². The Balaban J connectivity index is 1.86. The highest BCUT2D eigenvalue weighted by Crippen LogP contribution is 2.22. The highest BCUT2D eigenvalue weighted by atomic mass is 35.5. The first-order valence-corrected chi connectivity index (χ1v) is 7.49. The molecule has 0 saturated carbocycles. The molecule has 1 aromatic heterocycles. The van der Waals surface area contributed by atoms with Crippen molar-refractivity contribution in [3.05, 3.63) is 46.3 Å². The summed E-state index contributed by atoms with van der Waals surface area (Å²) in [6.45, 7) is 6.44. The number of halogens is 1. The lowest BCUT2D eigenvalue weighted by atomic mass is 10.0. The first kappa shape index (κ1) is 16.4. The highest BCUT2D eigenvalue weighted by molar-refractivity contribution is 6.30. The number of rotatable bonds is 6. The molecule has 1 aromatic carbocycles. The fraction of sp³-hybridized carbons (Fsp3) is 0.375. The van der Waals surface area contributed by atoms with Crippen molar-refractivity contribution in [3.63, 3.8) is 0 Å². The van der Waals surface area contributed by atoms with Crippen LogP contribution in [0.5, 0.6) is 5.75 Å². The Bertz CT molecular complexity index is 635. The number of carbonyl (C=O) groups excluding carboxylic acids is 1. The molecule has 0 atom stereocenters. The van der Waals surface area contributed by atoms with Crippen LogP contribution in [0.25, 0.3) is 0 Å². The van der Waals surface area contributed by atoms with Crippen molar-refractivity contribution in [2.24, 2.45) is 0 Å². The number of benzene rings is 1. The van der Waals surface area contributed by atoms with E-state index < -0.39 is 0 Å². The topological polar surface area (TPSA) is 64.4 Å². The van der Waals surface area contributed by atoms with Gasteiger partial charge in [-0.05, 0) is 31.2 Å². The summed E-state index contributed by atoms with van der Waals surface area (Å²) in [6, 6.07) is 7.08. The number of nitrogens with zero attached hydrogens (tertiary/aromatic N) is 1. The molecule has 2 aromatic rings. The second-order valence-corrected chi connectivity index (χ2v) is 5.66. The van der Waals surface area contributed by atoms with Gasteiger partial charge in [-0.2, -0.15) is 0 Å². The third kappa shape index (κ3) is 4.01. The maximum absolute atomic E-state index is 12.2. The van der Waals surface area contributed by atoms with Crippen LogP contribution in [0.4, 0.5) is 0 Å². The molecule has 22 heavy (non-hydrogen) atoms. The zero-order chi connectivity index (χ0) is 16.1. The molecule has 6 heteroatoms. The monoisotopic (exact) mass is 322 g/mol. The smallest absolute Gasteiger partial charge is 0.256 e. The van der Waals surface area contributed by atoms with Crippen molar-refractivity contribution >= 4 is 17.5 Å². The molecule has 1 N–H and O–H groups in total. The van der Waals surface area contributed by atoms with E-state index >= 15 is 0 Å². The highest BCUT2D eigenvalue weighted by Gasteiger charge is 2.22. The second-order valence-electron chi connectivity index (χ2n) is 5.22. The minimum Gasteiger partial charge on any atom is -0.492 e. The van der Waals surface area contributed by atoms with Crippen molar-refractivity contribution in [2.75, 3.05) is 13.2 Å². The third-order valence-corrected chi connectivity index (χ3v) is 3.36. The first-order chi connectivity index (χ1) is 10.5. The molecule has 0 bridgehead atoms. The van der Waals surface area contributed by atoms with Gasteiger partial charge in [0.25, 0.3) is 5.91 Å². The zero-order valence-electron chi connectivity index (χ0n) is 12.9. The number of hydrogen-bond acceptors (Lipinski definition) is 4. The minimum absolute atomic E-state index is 0.104. The molecular formula is C16H19ClN2O3. The molecule has 0 fully saturated rings. The van der Waals surface area contributed by atoms with Gasteiger partial charge in [-0.1, -0.05) is 30.6 Å². The summed E-state index contributed by atoms with van der Waals surface area (Å²) in [4.78, 5) is 12.2. The molecule has 5 nitrogen and oxygen atoms in total. The molecule has 0 aliphatic heterocycles. The van der Waals surface area contributed by atoms with E-state index in [1.165, 1.54) is 0 Å². The van der Waals surface area contributed by atoms with Crippen molar-refractivity contribution in [1.82, 2.24) is 10.5 Å². The van der Waals surface area contributed by atoms with Crippen LogP contribution in [-0.2, 0) is 0 Å². The van der Waals surface area contributed by atoms with Crippen LogP contribution in [-0.4, -0.2) is 24.2 Å². The molecule has 1 amide bonds. The van der Waals surface area contributed by atoms with Crippen molar-refractivity contribution in [3.8, 4) is 5.75 Å². The van der Waals surface area contributed by atoms with Gasteiger partial charge >= 0.3 is 0 Å². The summed E-state index contributed by atoms with van der Waals surface area (Å²) < 4.78 is 10.7. The van der Waals surface area contributed by atoms with Crippen molar-refractivity contribution in [2.45, 2.75) is 26.7 Å². The van der Waals surface area contributed by atoms with Crippen molar-refractivity contribution in [1.29, 1.82) is 0 Å². The van der Waals surface area contributed by atoms with Gasteiger partial charge in [-0.25, -0.2) is 0 Å². The summed E-state index contributed by atoms with van der Waals surface area (Å²) in [6.07, 6.45) is 0. The number of nitrogens with one attached hydrogen (secondary N) is 1. The zero-order valence-corrected chi connectivity index (χ0v) is 13.6. The summed E-state index contributed by atoms with van der Waals surface area (Å²) in [5, 5.41) is 7.33. The average molecular weight is 323 g/mol. The molecule has 1 heterocycles. The fourth-order valence-corrected chi connectivity index (χ4v) is 2.14. The normalized spacial score (nSPS) is 10.8.